The highest BCUT2D eigenvalue weighted by Gasteiger charge is 2.27. The van der Waals surface area contributed by atoms with E-state index in [4.69, 9.17) is 18.5 Å². The van der Waals surface area contributed by atoms with Crippen LogP contribution in [0.4, 0.5) is 0 Å². The number of phosphoric acid groups is 1. The maximum Gasteiger partial charge on any atom is 0.472 e. The molecule has 0 saturated carbocycles. The Morgan fingerprint density at radius 2 is 0.628 bits per heavy atom. The van der Waals surface area contributed by atoms with E-state index in [1.165, 1.54) is 180 Å². The number of likely N-dealkylation sites (N-methyl/N-ethyl adjacent to an activating group) is 1. The number of unbranched alkanes of at least 4 members (excludes halogenated alkanes) is 33. The molecule has 0 aromatic rings. The van der Waals surface area contributed by atoms with Crippen LogP contribution in [0.5, 0.6) is 0 Å². The Balaban J connectivity index is 4.02. The molecule has 9 nitrogen and oxygen atoms in total. The molecule has 0 fully saturated rings. The van der Waals surface area contributed by atoms with Crippen molar-refractivity contribution >= 4 is 19.8 Å². The number of carbonyl (C=O) groups excluding carboxylic acids is 2. The summed E-state index contributed by atoms with van der Waals surface area (Å²) in [5.41, 5.74) is 0. The standard InChI is InChI=1S/C76H134NO8P/c1-6-8-10-12-14-16-18-20-22-24-26-28-30-32-34-36-37-38-39-41-42-44-46-48-50-52-54-56-58-60-62-64-66-68-75(78)82-72-74(73-84-86(80,81)83-71-70-77(3,4)5)85-76(79)69-67-65-63-61-59-57-55-53-51-49-47-45-43-40-35-33-31-29-27-25-23-21-19-17-15-13-11-9-7-2/h8-11,14-17,20-23,26-29,33,35,74H,6-7,12-13,18-19,24-25,30-32,34,36-73H2,1-5H3/p+1/b10-8-,11-9-,16-14-,17-15-,22-20-,23-21-,28-26-,29-27-,35-33-. The van der Waals surface area contributed by atoms with Crippen molar-refractivity contribution in [2.24, 2.45) is 0 Å². The first-order valence-corrected chi connectivity index (χ1v) is 37.1. The molecule has 0 aromatic carbocycles. The second-order valence-electron chi connectivity index (χ2n) is 24.9. The van der Waals surface area contributed by atoms with Gasteiger partial charge in [0, 0.05) is 12.8 Å². The molecule has 0 heterocycles. The number of carbonyl (C=O) groups is 2. The SMILES string of the molecule is CC/C=C\C/C=C\C/C=C\C/C=C\C/C=C\CCCCCCCCCCCCCCCC(=O)OC(COC(=O)CCCCCCCCCCCCCCCCCCCCCC/C=C\C/C=C\C/C=C\C/C=C\CC)COP(=O)(O)OCC[N+](C)(C)C. The molecule has 86 heavy (non-hydrogen) atoms. The van der Waals surface area contributed by atoms with Gasteiger partial charge in [-0.05, 0) is 96.3 Å². The number of phosphoric ester groups is 1. The maximum absolute atomic E-state index is 12.9. The van der Waals surface area contributed by atoms with Crippen LogP contribution in [-0.4, -0.2) is 74.9 Å². The summed E-state index contributed by atoms with van der Waals surface area (Å²) in [5.74, 6) is -0.790. The molecule has 496 valence electrons. The third-order valence-electron chi connectivity index (χ3n) is 15.3. The minimum atomic E-state index is -4.40. The topological polar surface area (TPSA) is 108 Å². The summed E-state index contributed by atoms with van der Waals surface area (Å²) in [4.78, 5) is 35.9. The van der Waals surface area contributed by atoms with Crippen molar-refractivity contribution < 1.29 is 42.1 Å². The fourth-order valence-electron chi connectivity index (χ4n) is 9.92. The Kier molecular flexibility index (Phi) is 63.5. The van der Waals surface area contributed by atoms with Crippen LogP contribution in [0, 0.1) is 0 Å². The van der Waals surface area contributed by atoms with Crippen molar-refractivity contribution in [1.82, 2.24) is 0 Å². The predicted octanol–water partition coefficient (Wildman–Crippen LogP) is 23.3. The molecule has 0 radical (unpaired) electrons. The molecule has 0 aliphatic heterocycles. The lowest BCUT2D eigenvalue weighted by Gasteiger charge is -2.24. The monoisotopic (exact) mass is 1220 g/mol. The van der Waals surface area contributed by atoms with Gasteiger partial charge in [0.05, 0.1) is 27.7 Å². The predicted molar refractivity (Wildman–Crippen MR) is 371 cm³/mol. The molecule has 0 aromatic heterocycles. The largest absolute Gasteiger partial charge is 0.472 e. The highest BCUT2D eigenvalue weighted by molar-refractivity contribution is 7.47. The molecule has 0 bridgehead atoms. The number of hydrogen-bond donors (Lipinski definition) is 1. The number of esters is 2. The van der Waals surface area contributed by atoms with E-state index in [0.29, 0.717) is 17.4 Å². The first-order valence-electron chi connectivity index (χ1n) is 35.6. The summed E-state index contributed by atoms with van der Waals surface area (Å²) in [6.07, 6.45) is 93.4. The van der Waals surface area contributed by atoms with Gasteiger partial charge < -0.3 is 18.9 Å². The summed E-state index contributed by atoms with van der Waals surface area (Å²) in [5, 5.41) is 0. The Hall–Kier alpha value is -3.33. The summed E-state index contributed by atoms with van der Waals surface area (Å²) in [6, 6.07) is 0. The van der Waals surface area contributed by atoms with Gasteiger partial charge in [-0.2, -0.15) is 0 Å². The maximum atomic E-state index is 12.9. The van der Waals surface area contributed by atoms with E-state index in [1.54, 1.807) is 0 Å². The fraction of sp³-hybridized carbons (Fsp3) is 0.737. The van der Waals surface area contributed by atoms with E-state index >= 15 is 0 Å². The first kappa shape index (κ1) is 82.7. The van der Waals surface area contributed by atoms with E-state index < -0.39 is 26.5 Å². The highest BCUT2D eigenvalue weighted by Crippen LogP contribution is 2.43. The fourth-order valence-corrected chi connectivity index (χ4v) is 10.7. The van der Waals surface area contributed by atoms with Crippen LogP contribution in [0.1, 0.15) is 309 Å². The third-order valence-corrected chi connectivity index (χ3v) is 16.3. The lowest BCUT2D eigenvalue weighted by Crippen LogP contribution is -2.37. The molecule has 0 aliphatic carbocycles. The summed E-state index contributed by atoms with van der Waals surface area (Å²) in [7, 11) is 1.48. The number of allylic oxidation sites excluding steroid dienone is 18. The molecule has 0 amide bonds. The average Bonchev–Trinajstić information content (AvgIpc) is 3.67. The van der Waals surface area contributed by atoms with Crippen LogP contribution in [-0.2, 0) is 32.7 Å². The van der Waals surface area contributed by atoms with Gasteiger partial charge in [0.25, 0.3) is 0 Å². The third kappa shape index (κ3) is 69.8. The Labute approximate surface area is 531 Å². The van der Waals surface area contributed by atoms with Crippen LogP contribution >= 0.6 is 7.82 Å². The van der Waals surface area contributed by atoms with Gasteiger partial charge in [0.1, 0.15) is 19.8 Å². The summed E-state index contributed by atoms with van der Waals surface area (Å²) >= 11 is 0. The number of quaternary nitrogens is 1. The molecule has 2 atom stereocenters. The number of rotatable bonds is 65. The average molecular weight is 1220 g/mol. The van der Waals surface area contributed by atoms with Crippen molar-refractivity contribution in [2.45, 2.75) is 315 Å². The first-order chi connectivity index (χ1) is 42.0. The van der Waals surface area contributed by atoms with Crippen molar-refractivity contribution in [2.75, 3.05) is 47.5 Å². The summed E-state index contributed by atoms with van der Waals surface area (Å²) in [6.45, 7) is 4.24. The zero-order chi connectivity index (χ0) is 62.6. The molecule has 2 unspecified atom stereocenters. The summed E-state index contributed by atoms with van der Waals surface area (Å²) < 4.78 is 34.8. The molecule has 0 aliphatic rings. The normalized spacial score (nSPS) is 13.8. The smallest absolute Gasteiger partial charge is 0.462 e. The van der Waals surface area contributed by atoms with Gasteiger partial charge in [0.2, 0.25) is 0 Å². The molecular weight excluding hydrogens is 1090 g/mol. The van der Waals surface area contributed by atoms with Gasteiger partial charge in [0.15, 0.2) is 6.10 Å². The molecule has 1 N–H and O–H groups in total. The second-order valence-corrected chi connectivity index (χ2v) is 26.3. The second kappa shape index (κ2) is 66.1. The van der Waals surface area contributed by atoms with Gasteiger partial charge >= 0.3 is 19.8 Å². The molecule has 0 rings (SSSR count). The van der Waals surface area contributed by atoms with Crippen LogP contribution in [0.15, 0.2) is 109 Å². The number of ether oxygens (including phenoxy) is 2. The lowest BCUT2D eigenvalue weighted by molar-refractivity contribution is -0.870. The lowest BCUT2D eigenvalue weighted by atomic mass is 10.0. The van der Waals surface area contributed by atoms with Crippen molar-refractivity contribution in [3.63, 3.8) is 0 Å². The van der Waals surface area contributed by atoms with E-state index in [0.717, 1.165) is 96.3 Å². The zero-order valence-corrected chi connectivity index (χ0v) is 57.4. The quantitative estimate of drug-likeness (QED) is 0.0211. The molecular formula is C76H135NO8P+. The Bertz CT molecular complexity index is 1820. The van der Waals surface area contributed by atoms with Crippen LogP contribution in [0.3, 0.4) is 0 Å². The minimum Gasteiger partial charge on any atom is -0.462 e. The molecule has 10 heteroatoms. The van der Waals surface area contributed by atoms with Crippen molar-refractivity contribution in [3.05, 3.63) is 109 Å². The van der Waals surface area contributed by atoms with Gasteiger partial charge in [-0.25, -0.2) is 4.57 Å². The van der Waals surface area contributed by atoms with Crippen LogP contribution in [0.2, 0.25) is 0 Å². The van der Waals surface area contributed by atoms with E-state index in [-0.39, 0.29) is 32.0 Å². The number of hydrogen-bond acceptors (Lipinski definition) is 7. The van der Waals surface area contributed by atoms with Crippen LogP contribution < -0.4 is 0 Å². The minimum absolute atomic E-state index is 0.0291. The van der Waals surface area contributed by atoms with E-state index in [2.05, 4.69) is 123 Å². The Morgan fingerprint density at radius 1 is 0.360 bits per heavy atom. The van der Waals surface area contributed by atoms with Crippen molar-refractivity contribution in [1.29, 1.82) is 0 Å². The van der Waals surface area contributed by atoms with E-state index in [9.17, 15) is 19.0 Å². The van der Waals surface area contributed by atoms with E-state index in [1.807, 2.05) is 21.1 Å². The molecule has 0 spiro atoms. The van der Waals surface area contributed by atoms with Gasteiger partial charge in [-0.1, -0.05) is 309 Å². The van der Waals surface area contributed by atoms with Crippen molar-refractivity contribution in [3.8, 4) is 0 Å². The number of nitrogens with zero attached hydrogens (tertiary/aromatic N) is 1. The highest BCUT2D eigenvalue weighted by atomic mass is 31.2. The Morgan fingerprint density at radius 3 is 0.930 bits per heavy atom. The van der Waals surface area contributed by atoms with Gasteiger partial charge in [-0.3, -0.25) is 18.6 Å². The zero-order valence-electron chi connectivity index (χ0n) is 56.5. The van der Waals surface area contributed by atoms with Crippen LogP contribution in [0.25, 0.3) is 0 Å². The van der Waals surface area contributed by atoms with Gasteiger partial charge in [-0.15, -0.1) is 0 Å². The molecule has 0 saturated heterocycles.